The molecule has 2 aliphatic carbocycles. The molecule has 3 aliphatic rings. The van der Waals surface area contributed by atoms with E-state index in [0.717, 1.165) is 18.9 Å². The van der Waals surface area contributed by atoms with Gasteiger partial charge in [0.25, 0.3) is 0 Å². The molecule has 2 saturated carbocycles. The van der Waals surface area contributed by atoms with Crippen molar-refractivity contribution in [1.82, 2.24) is 0 Å². The van der Waals surface area contributed by atoms with Crippen molar-refractivity contribution in [2.45, 2.75) is 73.0 Å². The third-order valence-corrected chi connectivity index (χ3v) is 6.38. The van der Waals surface area contributed by atoms with E-state index < -0.39 is 5.41 Å². The normalized spacial score (nSPS) is 39.3. The van der Waals surface area contributed by atoms with Crippen LogP contribution in [0.15, 0.2) is 0 Å². The highest BCUT2D eigenvalue weighted by Gasteiger charge is 2.59. The first-order chi connectivity index (χ1) is 10.1. The second kappa shape index (κ2) is 5.22. The quantitative estimate of drug-likeness (QED) is 0.735. The second-order valence-electron chi connectivity index (χ2n) is 9.63. The van der Waals surface area contributed by atoms with Gasteiger partial charge in [0.2, 0.25) is 0 Å². The predicted octanol–water partition coefficient (Wildman–Crippen LogP) is 4.05. The van der Waals surface area contributed by atoms with E-state index in [2.05, 4.69) is 41.5 Å². The number of fused-ring (bicyclic) bond motifs is 1. The average Bonchev–Trinajstić information content (AvgIpc) is 2.97. The topological polar surface area (TPSA) is 35.5 Å². The number of carbonyl (C=O) groups excluding carboxylic acids is 1. The molecule has 3 heteroatoms. The summed E-state index contributed by atoms with van der Waals surface area (Å²) < 4.78 is 12.0. The van der Waals surface area contributed by atoms with Gasteiger partial charge in [0.1, 0.15) is 6.10 Å². The highest BCUT2D eigenvalue weighted by Crippen LogP contribution is 2.55. The molecule has 0 amide bonds. The Labute approximate surface area is 135 Å². The number of ether oxygens (including phenoxy) is 2. The van der Waals surface area contributed by atoms with Crippen molar-refractivity contribution in [1.29, 1.82) is 0 Å². The lowest BCUT2D eigenvalue weighted by molar-refractivity contribution is -0.174. The first-order valence-electron chi connectivity index (χ1n) is 8.94. The van der Waals surface area contributed by atoms with Gasteiger partial charge in [-0.1, -0.05) is 34.6 Å². The van der Waals surface area contributed by atoms with Crippen LogP contribution in [0.2, 0.25) is 0 Å². The fourth-order valence-electron chi connectivity index (χ4n) is 5.06. The van der Waals surface area contributed by atoms with E-state index in [4.69, 9.17) is 9.47 Å². The van der Waals surface area contributed by atoms with Gasteiger partial charge in [0.05, 0.1) is 18.1 Å². The third kappa shape index (κ3) is 2.60. The van der Waals surface area contributed by atoms with Crippen LogP contribution in [0.3, 0.4) is 0 Å². The fraction of sp³-hybridized carbons (Fsp3) is 0.947. The van der Waals surface area contributed by atoms with Gasteiger partial charge in [0.15, 0.2) is 0 Å². The molecule has 22 heavy (non-hydrogen) atoms. The maximum Gasteiger partial charge on any atom is 0.312 e. The summed E-state index contributed by atoms with van der Waals surface area (Å²) in [7, 11) is 0. The Hall–Kier alpha value is -0.570. The molecule has 0 aromatic carbocycles. The Balaban J connectivity index is 1.72. The van der Waals surface area contributed by atoms with E-state index in [1.54, 1.807) is 0 Å². The predicted molar refractivity (Wildman–Crippen MR) is 86.3 cm³/mol. The zero-order chi connectivity index (χ0) is 16.3. The number of hydrogen-bond donors (Lipinski definition) is 0. The molecular formula is C19H32O3. The zero-order valence-corrected chi connectivity index (χ0v) is 15.0. The van der Waals surface area contributed by atoms with Crippen LogP contribution in [0.1, 0.15) is 60.8 Å². The minimum absolute atomic E-state index is 0.00860. The Bertz CT molecular complexity index is 448. The molecule has 6 atom stereocenters. The Morgan fingerprint density at radius 3 is 2.45 bits per heavy atom. The number of esters is 1. The highest BCUT2D eigenvalue weighted by atomic mass is 16.6. The molecule has 0 N–H and O–H groups in total. The van der Waals surface area contributed by atoms with E-state index in [1.807, 2.05) is 0 Å². The van der Waals surface area contributed by atoms with Crippen molar-refractivity contribution in [3.63, 3.8) is 0 Å². The van der Waals surface area contributed by atoms with Crippen molar-refractivity contribution in [2.24, 2.45) is 34.5 Å². The van der Waals surface area contributed by atoms with E-state index >= 15 is 0 Å². The molecule has 1 aliphatic heterocycles. The van der Waals surface area contributed by atoms with E-state index in [0.29, 0.717) is 11.8 Å². The molecule has 6 unspecified atom stereocenters. The van der Waals surface area contributed by atoms with Crippen LogP contribution < -0.4 is 0 Å². The molecule has 0 spiro atoms. The summed E-state index contributed by atoms with van der Waals surface area (Å²) in [6.45, 7) is 13.8. The van der Waals surface area contributed by atoms with E-state index in [-0.39, 0.29) is 29.5 Å². The summed E-state index contributed by atoms with van der Waals surface area (Å²) in [5, 5.41) is 0. The first kappa shape index (κ1) is 16.3. The van der Waals surface area contributed by atoms with Gasteiger partial charge < -0.3 is 9.47 Å². The van der Waals surface area contributed by atoms with Crippen LogP contribution in [-0.2, 0) is 14.3 Å². The summed E-state index contributed by atoms with van der Waals surface area (Å²) >= 11 is 0. The van der Waals surface area contributed by atoms with E-state index in [1.165, 1.54) is 12.8 Å². The molecular weight excluding hydrogens is 276 g/mol. The van der Waals surface area contributed by atoms with Gasteiger partial charge in [-0.25, -0.2) is 0 Å². The van der Waals surface area contributed by atoms with Crippen LogP contribution in [0.25, 0.3) is 0 Å². The van der Waals surface area contributed by atoms with Gasteiger partial charge in [-0.05, 0) is 55.3 Å². The fourth-order valence-corrected chi connectivity index (χ4v) is 5.06. The van der Waals surface area contributed by atoms with Crippen molar-refractivity contribution >= 4 is 5.97 Å². The maximum atomic E-state index is 13.0. The van der Waals surface area contributed by atoms with Gasteiger partial charge >= 0.3 is 5.97 Å². The van der Waals surface area contributed by atoms with Crippen molar-refractivity contribution in [3.8, 4) is 0 Å². The molecule has 1 heterocycles. The maximum absolute atomic E-state index is 13.0. The van der Waals surface area contributed by atoms with Crippen LogP contribution in [0.5, 0.6) is 0 Å². The third-order valence-electron chi connectivity index (χ3n) is 6.38. The van der Waals surface area contributed by atoms with Crippen LogP contribution >= 0.6 is 0 Å². The number of carbonyl (C=O) groups is 1. The summed E-state index contributed by atoms with van der Waals surface area (Å²) in [4.78, 5) is 13.0. The lowest BCUT2D eigenvalue weighted by Crippen LogP contribution is -2.44. The summed E-state index contributed by atoms with van der Waals surface area (Å²) in [6.07, 6.45) is 3.43. The zero-order valence-electron chi connectivity index (χ0n) is 15.0. The van der Waals surface area contributed by atoms with Crippen molar-refractivity contribution in [2.75, 3.05) is 6.61 Å². The minimum atomic E-state index is -0.419. The Morgan fingerprint density at radius 2 is 1.86 bits per heavy atom. The van der Waals surface area contributed by atoms with Crippen LogP contribution in [0, 0.1) is 34.5 Å². The van der Waals surface area contributed by atoms with Crippen molar-refractivity contribution < 1.29 is 14.3 Å². The lowest BCUT2D eigenvalue weighted by atomic mass is 9.68. The molecule has 0 radical (unpaired) electrons. The molecule has 2 bridgehead atoms. The van der Waals surface area contributed by atoms with E-state index in [9.17, 15) is 4.79 Å². The van der Waals surface area contributed by atoms with Crippen LogP contribution in [-0.4, -0.2) is 24.8 Å². The molecule has 3 nitrogen and oxygen atoms in total. The molecule has 0 aromatic heterocycles. The Morgan fingerprint density at radius 1 is 1.18 bits per heavy atom. The van der Waals surface area contributed by atoms with Gasteiger partial charge in [0, 0.05) is 0 Å². The van der Waals surface area contributed by atoms with Gasteiger partial charge in [-0.15, -0.1) is 0 Å². The molecule has 3 fully saturated rings. The molecule has 1 saturated heterocycles. The highest BCUT2D eigenvalue weighted by molar-refractivity contribution is 5.77. The van der Waals surface area contributed by atoms with Gasteiger partial charge in [-0.2, -0.15) is 0 Å². The monoisotopic (exact) mass is 308 g/mol. The Kier molecular flexibility index (Phi) is 3.87. The minimum Gasteiger partial charge on any atom is -0.459 e. The van der Waals surface area contributed by atoms with Crippen molar-refractivity contribution in [3.05, 3.63) is 0 Å². The summed E-state index contributed by atoms with van der Waals surface area (Å²) in [6, 6.07) is 0. The molecule has 126 valence electrons. The molecule has 0 aromatic rings. The first-order valence-corrected chi connectivity index (χ1v) is 8.94. The molecule has 3 rings (SSSR count). The lowest BCUT2D eigenvalue weighted by Gasteiger charge is -2.39. The largest absolute Gasteiger partial charge is 0.459 e. The van der Waals surface area contributed by atoms with Crippen LogP contribution in [0.4, 0.5) is 0 Å². The smallest absolute Gasteiger partial charge is 0.312 e. The number of hydrogen-bond acceptors (Lipinski definition) is 3. The summed E-state index contributed by atoms with van der Waals surface area (Å²) in [5.74, 6) is 2.18. The number of rotatable bonds is 4. The SMILES string of the molecule is CC(C)C(C)(CC(C)(C)C)C(=O)OC1C2CC3COC1C3C2. The standard InChI is InChI=1S/C19H32O3/c1-11(2)19(6,10-18(3,4)5)17(20)22-15-12-7-13-9-21-16(15)14(13)8-12/h11-16H,7-10H2,1-6H3. The second-order valence-corrected chi connectivity index (χ2v) is 9.63. The average molecular weight is 308 g/mol. The van der Waals surface area contributed by atoms with Gasteiger partial charge in [-0.3, -0.25) is 4.79 Å². The summed E-state index contributed by atoms with van der Waals surface area (Å²) in [5.41, 5.74) is -0.306.